The molecule has 1 aromatic carbocycles. The average molecular weight is 390 g/mol. The Labute approximate surface area is 164 Å². The monoisotopic (exact) mass is 390 g/mol. The van der Waals surface area contributed by atoms with Crippen LogP contribution in [0.2, 0.25) is 0 Å². The van der Waals surface area contributed by atoms with Crippen molar-refractivity contribution < 1.29 is 28.5 Å². The smallest absolute Gasteiger partial charge is 0.342 e. The van der Waals surface area contributed by atoms with Crippen LogP contribution < -0.4 is 19.5 Å². The molecule has 1 aromatic rings. The van der Waals surface area contributed by atoms with E-state index in [0.717, 1.165) is 19.3 Å². The van der Waals surface area contributed by atoms with Crippen LogP contribution in [0.15, 0.2) is 12.1 Å². The van der Waals surface area contributed by atoms with Gasteiger partial charge in [-0.25, -0.2) is 4.79 Å². The quantitative estimate of drug-likeness (QED) is 0.713. The molecule has 1 fully saturated rings. The van der Waals surface area contributed by atoms with Gasteiger partial charge in [-0.2, -0.15) is 5.26 Å². The average Bonchev–Trinajstić information content (AvgIpc) is 2.72. The molecule has 1 N–H and O–H groups in total. The van der Waals surface area contributed by atoms with Crippen molar-refractivity contribution in [1.29, 1.82) is 5.26 Å². The number of hydrogen-bond donors (Lipinski definition) is 1. The third-order valence-corrected chi connectivity index (χ3v) is 4.86. The van der Waals surface area contributed by atoms with Gasteiger partial charge in [0.1, 0.15) is 16.9 Å². The first-order chi connectivity index (χ1) is 13.4. The molecule has 1 unspecified atom stereocenters. The SMILES string of the molecule is COc1cc(OC)c(C(=O)OC(C)C(=O)NC2(C#N)CCCCC2)cc1OC. The molecule has 2 rings (SSSR count). The number of amides is 1. The molecule has 0 aliphatic heterocycles. The first kappa shape index (κ1) is 21.4. The normalized spacial score (nSPS) is 16.2. The Morgan fingerprint density at radius 1 is 1.04 bits per heavy atom. The van der Waals surface area contributed by atoms with Crippen LogP contribution in [0.3, 0.4) is 0 Å². The zero-order chi connectivity index (χ0) is 20.7. The molecule has 0 spiro atoms. The molecule has 28 heavy (non-hydrogen) atoms. The lowest BCUT2D eigenvalue weighted by Crippen LogP contribution is -2.52. The van der Waals surface area contributed by atoms with Gasteiger partial charge in [0, 0.05) is 12.1 Å². The number of rotatable bonds is 7. The predicted octanol–water partition coefficient (Wildman–Crippen LogP) is 2.60. The number of methoxy groups -OCH3 is 3. The molecule has 0 radical (unpaired) electrons. The Balaban J connectivity index is 2.13. The van der Waals surface area contributed by atoms with Crippen molar-refractivity contribution in [2.75, 3.05) is 21.3 Å². The number of carbonyl (C=O) groups excluding carboxylic acids is 2. The summed E-state index contributed by atoms with van der Waals surface area (Å²) in [7, 11) is 4.33. The van der Waals surface area contributed by atoms with Gasteiger partial charge < -0.3 is 24.3 Å². The van der Waals surface area contributed by atoms with Crippen LogP contribution in [-0.2, 0) is 9.53 Å². The van der Waals surface area contributed by atoms with Gasteiger partial charge in [-0.1, -0.05) is 19.3 Å². The summed E-state index contributed by atoms with van der Waals surface area (Å²) in [4.78, 5) is 25.1. The van der Waals surface area contributed by atoms with Gasteiger partial charge in [-0.05, 0) is 19.8 Å². The number of nitrogens with zero attached hydrogens (tertiary/aromatic N) is 1. The molecule has 0 bridgehead atoms. The molecule has 1 atom stereocenters. The zero-order valence-electron chi connectivity index (χ0n) is 16.7. The lowest BCUT2D eigenvalue weighted by molar-refractivity contribution is -0.130. The first-order valence-corrected chi connectivity index (χ1v) is 9.14. The lowest BCUT2D eigenvalue weighted by Gasteiger charge is -2.32. The van der Waals surface area contributed by atoms with E-state index in [1.165, 1.54) is 40.4 Å². The van der Waals surface area contributed by atoms with Gasteiger partial charge in [0.25, 0.3) is 5.91 Å². The minimum Gasteiger partial charge on any atom is -0.496 e. The fraction of sp³-hybridized carbons (Fsp3) is 0.550. The summed E-state index contributed by atoms with van der Waals surface area (Å²) in [5.74, 6) is -0.282. The van der Waals surface area contributed by atoms with Crippen molar-refractivity contribution >= 4 is 11.9 Å². The third kappa shape index (κ3) is 4.66. The molecule has 1 amide bonds. The summed E-state index contributed by atoms with van der Waals surface area (Å²) < 4.78 is 20.9. The van der Waals surface area contributed by atoms with Gasteiger partial charge in [-0.3, -0.25) is 4.79 Å². The van der Waals surface area contributed by atoms with E-state index in [1.54, 1.807) is 0 Å². The topological polar surface area (TPSA) is 107 Å². The molecule has 1 aliphatic rings. The van der Waals surface area contributed by atoms with Gasteiger partial charge in [-0.15, -0.1) is 0 Å². The summed E-state index contributed by atoms with van der Waals surface area (Å²) in [5, 5.41) is 12.2. The van der Waals surface area contributed by atoms with Crippen molar-refractivity contribution in [3.8, 4) is 23.3 Å². The van der Waals surface area contributed by atoms with Crippen LogP contribution in [0.5, 0.6) is 17.2 Å². The second kappa shape index (κ2) is 9.31. The number of carbonyl (C=O) groups is 2. The number of ether oxygens (including phenoxy) is 4. The van der Waals surface area contributed by atoms with E-state index in [1.807, 2.05) is 0 Å². The van der Waals surface area contributed by atoms with Crippen molar-refractivity contribution in [1.82, 2.24) is 5.32 Å². The van der Waals surface area contributed by atoms with Crippen LogP contribution >= 0.6 is 0 Å². The number of esters is 1. The van der Waals surface area contributed by atoms with Crippen molar-refractivity contribution in [2.24, 2.45) is 0 Å². The Bertz CT molecular complexity index is 765. The molecule has 0 saturated heterocycles. The number of hydrogen-bond acceptors (Lipinski definition) is 7. The lowest BCUT2D eigenvalue weighted by atomic mass is 9.83. The van der Waals surface area contributed by atoms with Gasteiger partial charge in [0.2, 0.25) is 0 Å². The van der Waals surface area contributed by atoms with Crippen molar-refractivity contribution in [2.45, 2.75) is 50.7 Å². The molecule has 8 nitrogen and oxygen atoms in total. The number of nitriles is 1. The van der Waals surface area contributed by atoms with E-state index in [0.29, 0.717) is 24.3 Å². The second-order valence-corrected chi connectivity index (χ2v) is 6.70. The standard InChI is InChI=1S/C20H26N2O6/c1-13(18(23)22-20(12-21)8-6-5-7-9-20)28-19(24)14-10-16(26-3)17(27-4)11-15(14)25-2/h10-11,13H,5-9H2,1-4H3,(H,22,23). The minimum absolute atomic E-state index is 0.104. The van der Waals surface area contributed by atoms with Crippen LogP contribution in [0, 0.1) is 11.3 Å². The predicted molar refractivity (Wildman–Crippen MR) is 101 cm³/mol. The molecule has 8 heteroatoms. The van der Waals surface area contributed by atoms with Crippen LogP contribution in [-0.4, -0.2) is 44.8 Å². The van der Waals surface area contributed by atoms with Crippen LogP contribution in [0.1, 0.15) is 49.4 Å². The molecular weight excluding hydrogens is 364 g/mol. The maximum atomic E-state index is 12.6. The van der Waals surface area contributed by atoms with E-state index in [2.05, 4.69) is 11.4 Å². The Morgan fingerprint density at radius 3 is 2.14 bits per heavy atom. The molecule has 1 saturated carbocycles. The molecule has 0 aromatic heterocycles. The highest BCUT2D eigenvalue weighted by Crippen LogP contribution is 2.35. The van der Waals surface area contributed by atoms with E-state index < -0.39 is 23.5 Å². The van der Waals surface area contributed by atoms with Crippen molar-refractivity contribution in [3.63, 3.8) is 0 Å². The fourth-order valence-electron chi connectivity index (χ4n) is 3.22. The third-order valence-electron chi connectivity index (χ3n) is 4.86. The summed E-state index contributed by atoms with van der Waals surface area (Å²) in [6.45, 7) is 1.47. The summed E-state index contributed by atoms with van der Waals surface area (Å²) in [6, 6.07) is 5.15. The molecule has 1 aliphatic carbocycles. The Kier molecular flexibility index (Phi) is 7.10. The number of benzene rings is 1. The fourth-order valence-corrected chi connectivity index (χ4v) is 3.22. The largest absolute Gasteiger partial charge is 0.496 e. The maximum absolute atomic E-state index is 12.6. The second-order valence-electron chi connectivity index (χ2n) is 6.70. The molecule has 0 heterocycles. The van der Waals surface area contributed by atoms with E-state index in [9.17, 15) is 14.9 Å². The highest BCUT2D eigenvalue weighted by Gasteiger charge is 2.35. The molecular formula is C20H26N2O6. The van der Waals surface area contributed by atoms with Crippen LogP contribution in [0.25, 0.3) is 0 Å². The zero-order valence-corrected chi connectivity index (χ0v) is 16.7. The van der Waals surface area contributed by atoms with Crippen molar-refractivity contribution in [3.05, 3.63) is 17.7 Å². The van der Waals surface area contributed by atoms with E-state index >= 15 is 0 Å². The van der Waals surface area contributed by atoms with Gasteiger partial charge in [0.05, 0.1) is 27.4 Å². The van der Waals surface area contributed by atoms with E-state index in [4.69, 9.17) is 18.9 Å². The summed E-state index contributed by atoms with van der Waals surface area (Å²) in [6.07, 6.45) is 2.93. The highest BCUT2D eigenvalue weighted by atomic mass is 16.6. The summed E-state index contributed by atoms with van der Waals surface area (Å²) >= 11 is 0. The van der Waals surface area contributed by atoms with Gasteiger partial charge in [0.15, 0.2) is 17.6 Å². The molecule has 152 valence electrons. The summed E-state index contributed by atoms with van der Waals surface area (Å²) in [5.41, 5.74) is -0.788. The number of nitrogens with one attached hydrogen (secondary N) is 1. The maximum Gasteiger partial charge on any atom is 0.342 e. The van der Waals surface area contributed by atoms with Crippen LogP contribution in [0.4, 0.5) is 0 Å². The Hall–Kier alpha value is -2.95. The highest BCUT2D eigenvalue weighted by molar-refractivity contribution is 5.95. The van der Waals surface area contributed by atoms with Gasteiger partial charge >= 0.3 is 5.97 Å². The minimum atomic E-state index is -1.07. The van der Waals surface area contributed by atoms with E-state index in [-0.39, 0.29) is 11.3 Å². The first-order valence-electron chi connectivity index (χ1n) is 9.14. The Morgan fingerprint density at radius 2 is 1.61 bits per heavy atom.